The molecule has 0 aliphatic carbocycles. The molecule has 0 spiro atoms. The standard InChI is InChI=1S/C23H24N2O/c26-23(21-9-5-2-6-10-21)12-15-25(16-13-23)18-22-17-20(11-14-24-22)19-7-3-1-4-8-19/h1-11,14,17,26H,12-13,15-16,18H2. The first-order valence-electron chi connectivity index (χ1n) is 9.24. The second kappa shape index (κ2) is 7.40. The van der Waals surface area contributed by atoms with E-state index in [1.165, 1.54) is 11.1 Å². The van der Waals surface area contributed by atoms with Crippen molar-refractivity contribution >= 4 is 0 Å². The number of hydrogen-bond acceptors (Lipinski definition) is 3. The topological polar surface area (TPSA) is 36.4 Å². The predicted molar refractivity (Wildman–Crippen MR) is 105 cm³/mol. The lowest BCUT2D eigenvalue weighted by Gasteiger charge is -2.38. The summed E-state index contributed by atoms with van der Waals surface area (Å²) in [7, 11) is 0. The fourth-order valence-electron chi connectivity index (χ4n) is 3.72. The first-order chi connectivity index (χ1) is 12.7. The van der Waals surface area contributed by atoms with Crippen molar-refractivity contribution in [3.8, 4) is 11.1 Å². The fourth-order valence-corrected chi connectivity index (χ4v) is 3.72. The van der Waals surface area contributed by atoms with Gasteiger partial charge < -0.3 is 5.11 Å². The summed E-state index contributed by atoms with van der Waals surface area (Å²) in [6.45, 7) is 2.58. The Kier molecular flexibility index (Phi) is 4.83. The van der Waals surface area contributed by atoms with Crippen LogP contribution in [0.15, 0.2) is 79.0 Å². The van der Waals surface area contributed by atoms with Gasteiger partial charge in [-0.05, 0) is 41.7 Å². The number of likely N-dealkylation sites (tertiary alicyclic amines) is 1. The van der Waals surface area contributed by atoms with Crippen LogP contribution in [0.3, 0.4) is 0 Å². The van der Waals surface area contributed by atoms with E-state index >= 15 is 0 Å². The molecule has 1 fully saturated rings. The number of rotatable bonds is 4. The summed E-state index contributed by atoms with van der Waals surface area (Å²) >= 11 is 0. The molecule has 2 aromatic carbocycles. The Balaban J connectivity index is 1.42. The van der Waals surface area contributed by atoms with Gasteiger partial charge in [-0.2, -0.15) is 0 Å². The summed E-state index contributed by atoms with van der Waals surface area (Å²) < 4.78 is 0. The largest absolute Gasteiger partial charge is 0.385 e. The van der Waals surface area contributed by atoms with E-state index in [-0.39, 0.29) is 0 Å². The second-order valence-electron chi connectivity index (χ2n) is 7.08. The second-order valence-corrected chi connectivity index (χ2v) is 7.08. The van der Waals surface area contributed by atoms with E-state index < -0.39 is 5.60 Å². The molecule has 1 N–H and O–H groups in total. The van der Waals surface area contributed by atoms with Crippen molar-refractivity contribution in [3.05, 3.63) is 90.3 Å². The Morgan fingerprint density at radius 3 is 2.19 bits per heavy atom. The van der Waals surface area contributed by atoms with Gasteiger partial charge in [0, 0.05) is 25.8 Å². The quantitative estimate of drug-likeness (QED) is 0.769. The third-order valence-corrected chi connectivity index (χ3v) is 5.30. The first kappa shape index (κ1) is 17.0. The van der Waals surface area contributed by atoms with Crippen LogP contribution in [0, 0.1) is 0 Å². The van der Waals surface area contributed by atoms with E-state index in [1.54, 1.807) is 0 Å². The van der Waals surface area contributed by atoms with Gasteiger partial charge in [-0.25, -0.2) is 0 Å². The van der Waals surface area contributed by atoms with Crippen molar-refractivity contribution in [1.29, 1.82) is 0 Å². The minimum atomic E-state index is -0.697. The number of aromatic nitrogens is 1. The molecule has 1 aliphatic heterocycles. The van der Waals surface area contributed by atoms with E-state index in [4.69, 9.17) is 0 Å². The molecule has 3 nitrogen and oxygen atoms in total. The molecular weight excluding hydrogens is 320 g/mol. The summed E-state index contributed by atoms with van der Waals surface area (Å²) in [4.78, 5) is 6.93. The molecule has 26 heavy (non-hydrogen) atoms. The van der Waals surface area contributed by atoms with Crippen LogP contribution < -0.4 is 0 Å². The molecule has 2 heterocycles. The Hall–Kier alpha value is -2.49. The zero-order valence-electron chi connectivity index (χ0n) is 14.9. The Morgan fingerprint density at radius 2 is 1.50 bits per heavy atom. The predicted octanol–water partition coefficient (Wildman–Crippen LogP) is 4.23. The third-order valence-electron chi connectivity index (χ3n) is 5.30. The molecule has 1 aliphatic rings. The molecule has 132 valence electrons. The molecule has 4 rings (SSSR count). The Labute approximate surface area is 155 Å². The van der Waals surface area contributed by atoms with Crippen molar-refractivity contribution in [2.75, 3.05) is 13.1 Å². The number of benzene rings is 2. The van der Waals surface area contributed by atoms with Gasteiger partial charge in [-0.1, -0.05) is 60.7 Å². The average molecular weight is 344 g/mol. The maximum absolute atomic E-state index is 11.0. The summed E-state index contributed by atoms with van der Waals surface area (Å²) in [6.07, 6.45) is 3.41. The molecule has 0 saturated carbocycles. The molecule has 1 aromatic heterocycles. The lowest BCUT2D eigenvalue weighted by Crippen LogP contribution is -2.42. The van der Waals surface area contributed by atoms with Crippen LogP contribution in [-0.4, -0.2) is 28.1 Å². The van der Waals surface area contributed by atoms with Crippen LogP contribution in [0.25, 0.3) is 11.1 Å². The highest BCUT2D eigenvalue weighted by Gasteiger charge is 2.33. The monoisotopic (exact) mass is 344 g/mol. The molecule has 0 atom stereocenters. The van der Waals surface area contributed by atoms with Crippen molar-refractivity contribution in [1.82, 2.24) is 9.88 Å². The van der Waals surface area contributed by atoms with Gasteiger partial charge in [0.15, 0.2) is 0 Å². The number of aliphatic hydroxyl groups is 1. The zero-order chi connectivity index (χ0) is 17.8. The van der Waals surface area contributed by atoms with Gasteiger partial charge in [0.05, 0.1) is 11.3 Å². The van der Waals surface area contributed by atoms with E-state index in [9.17, 15) is 5.11 Å². The van der Waals surface area contributed by atoms with Gasteiger partial charge in [-0.15, -0.1) is 0 Å². The van der Waals surface area contributed by atoms with Crippen LogP contribution in [-0.2, 0) is 12.1 Å². The molecule has 1 saturated heterocycles. The summed E-state index contributed by atoms with van der Waals surface area (Å²) in [5, 5.41) is 11.0. The third kappa shape index (κ3) is 3.69. The number of hydrogen-bond donors (Lipinski definition) is 1. The number of pyridine rings is 1. The van der Waals surface area contributed by atoms with E-state index in [1.807, 2.05) is 42.6 Å². The molecule has 0 amide bonds. The maximum Gasteiger partial charge on any atom is 0.0920 e. The zero-order valence-corrected chi connectivity index (χ0v) is 14.9. The maximum atomic E-state index is 11.0. The molecule has 0 radical (unpaired) electrons. The summed E-state index contributed by atoms with van der Waals surface area (Å²) in [5.74, 6) is 0. The van der Waals surface area contributed by atoms with Crippen LogP contribution in [0.1, 0.15) is 24.1 Å². The van der Waals surface area contributed by atoms with Crippen molar-refractivity contribution in [2.24, 2.45) is 0 Å². The first-order valence-corrected chi connectivity index (χ1v) is 9.24. The molecule has 0 unspecified atom stereocenters. The molecule has 3 aromatic rings. The van der Waals surface area contributed by atoms with Gasteiger partial charge in [-0.3, -0.25) is 9.88 Å². The highest BCUT2D eigenvalue weighted by Crippen LogP contribution is 2.33. The highest BCUT2D eigenvalue weighted by molar-refractivity contribution is 5.63. The van der Waals surface area contributed by atoms with Crippen LogP contribution >= 0.6 is 0 Å². The molecular formula is C23H24N2O. The Morgan fingerprint density at radius 1 is 0.846 bits per heavy atom. The van der Waals surface area contributed by atoms with E-state index in [0.29, 0.717) is 0 Å². The number of nitrogens with zero attached hydrogens (tertiary/aromatic N) is 2. The van der Waals surface area contributed by atoms with Crippen molar-refractivity contribution in [3.63, 3.8) is 0 Å². The van der Waals surface area contributed by atoms with Gasteiger partial charge in [0.2, 0.25) is 0 Å². The normalized spacial score (nSPS) is 17.1. The summed E-state index contributed by atoms with van der Waals surface area (Å²) in [5.41, 5.74) is 3.83. The molecule has 3 heteroatoms. The molecule has 0 bridgehead atoms. The van der Waals surface area contributed by atoms with Crippen molar-refractivity contribution in [2.45, 2.75) is 25.0 Å². The van der Waals surface area contributed by atoms with E-state index in [2.05, 4.69) is 46.3 Å². The van der Waals surface area contributed by atoms with Gasteiger partial charge in [0.25, 0.3) is 0 Å². The van der Waals surface area contributed by atoms with Crippen LogP contribution in [0.2, 0.25) is 0 Å². The van der Waals surface area contributed by atoms with E-state index in [0.717, 1.165) is 43.7 Å². The van der Waals surface area contributed by atoms with Crippen molar-refractivity contribution < 1.29 is 5.11 Å². The SMILES string of the molecule is OC1(c2ccccc2)CCN(Cc2cc(-c3ccccc3)ccn2)CC1. The number of piperidine rings is 1. The Bertz CT molecular complexity index is 840. The summed E-state index contributed by atoms with van der Waals surface area (Å²) in [6, 6.07) is 24.7. The lowest BCUT2D eigenvalue weighted by molar-refractivity contribution is -0.0279. The minimum Gasteiger partial charge on any atom is -0.385 e. The average Bonchev–Trinajstić information content (AvgIpc) is 2.71. The minimum absolute atomic E-state index is 0.697. The van der Waals surface area contributed by atoms with Gasteiger partial charge >= 0.3 is 0 Å². The van der Waals surface area contributed by atoms with Crippen LogP contribution in [0.4, 0.5) is 0 Å². The fraction of sp³-hybridized carbons (Fsp3) is 0.261. The van der Waals surface area contributed by atoms with Crippen LogP contribution in [0.5, 0.6) is 0 Å². The highest BCUT2D eigenvalue weighted by atomic mass is 16.3. The smallest absolute Gasteiger partial charge is 0.0920 e. The lowest BCUT2D eigenvalue weighted by atomic mass is 9.84. The van der Waals surface area contributed by atoms with Gasteiger partial charge in [0.1, 0.15) is 0 Å².